The van der Waals surface area contributed by atoms with Gasteiger partial charge in [0.2, 0.25) is 0 Å². The highest BCUT2D eigenvalue weighted by molar-refractivity contribution is 5.95. The van der Waals surface area contributed by atoms with Crippen molar-refractivity contribution in [2.75, 3.05) is 40.4 Å². The summed E-state index contributed by atoms with van der Waals surface area (Å²) in [6, 6.07) is 11.2. The molecule has 1 amide bonds. The summed E-state index contributed by atoms with van der Waals surface area (Å²) >= 11 is 0. The fourth-order valence-corrected chi connectivity index (χ4v) is 2.98. The van der Waals surface area contributed by atoms with Crippen molar-refractivity contribution in [3.63, 3.8) is 0 Å². The summed E-state index contributed by atoms with van der Waals surface area (Å²) in [7, 11) is 3.16. The third kappa shape index (κ3) is 4.09. The first kappa shape index (κ1) is 17.2. The molecule has 1 aromatic heterocycles. The number of aromatic nitrogens is 1. The second kappa shape index (κ2) is 7.98. The Bertz CT molecular complexity index is 713. The molecule has 0 atom stereocenters. The van der Waals surface area contributed by atoms with Crippen molar-refractivity contribution in [1.82, 2.24) is 14.8 Å². The van der Waals surface area contributed by atoms with Gasteiger partial charge in [0.15, 0.2) is 11.5 Å². The van der Waals surface area contributed by atoms with E-state index in [4.69, 9.17) is 9.47 Å². The van der Waals surface area contributed by atoms with Crippen LogP contribution in [0.3, 0.4) is 0 Å². The lowest BCUT2D eigenvalue weighted by molar-refractivity contribution is 0.0626. The Morgan fingerprint density at radius 2 is 1.80 bits per heavy atom. The average molecular weight is 341 g/mol. The molecule has 0 unspecified atom stereocenters. The summed E-state index contributed by atoms with van der Waals surface area (Å²) in [5.41, 5.74) is 1.68. The minimum absolute atomic E-state index is 0.0263. The van der Waals surface area contributed by atoms with Crippen molar-refractivity contribution < 1.29 is 14.3 Å². The smallest absolute Gasteiger partial charge is 0.254 e. The maximum atomic E-state index is 12.7. The van der Waals surface area contributed by atoms with Crippen molar-refractivity contribution in [2.45, 2.75) is 6.54 Å². The van der Waals surface area contributed by atoms with E-state index in [0.29, 0.717) is 30.2 Å². The Hall–Kier alpha value is -2.60. The molecule has 3 rings (SSSR count). The molecule has 1 fully saturated rings. The van der Waals surface area contributed by atoms with E-state index in [2.05, 4.69) is 9.88 Å². The van der Waals surface area contributed by atoms with Crippen molar-refractivity contribution >= 4 is 5.91 Å². The number of methoxy groups -OCH3 is 2. The Morgan fingerprint density at radius 1 is 1.04 bits per heavy atom. The normalized spacial score (nSPS) is 15.0. The Balaban J connectivity index is 1.60. The van der Waals surface area contributed by atoms with E-state index in [1.54, 1.807) is 32.4 Å². The van der Waals surface area contributed by atoms with Gasteiger partial charge in [-0.3, -0.25) is 14.7 Å². The molecule has 1 aliphatic rings. The van der Waals surface area contributed by atoms with Crippen molar-refractivity contribution in [3.05, 3.63) is 53.9 Å². The van der Waals surface area contributed by atoms with Crippen LogP contribution in [0.25, 0.3) is 0 Å². The lowest BCUT2D eigenvalue weighted by atomic mass is 10.1. The summed E-state index contributed by atoms with van der Waals surface area (Å²) in [5, 5.41) is 0. The third-order valence-electron chi connectivity index (χ3n) is 4.40. The van der Waals surface area contributed by atoms with Gasteiger partial charge in [0, 0.05) is 44.5 Å². The van der Waals surface area contributed by atoms with Crippen LogP contribution in [-0.4, -0.2) is 61.1 Å². The first-order valence-corrected chi connectivity index (χ1v) is 8.35. The lowest BCUT2D eigenvalue weighted by Gasteiger charge is -2.34. The van der Waals surface area contributed by atoms with Crippen LogP contribution in [0.1, 0.15) is 16.1 Å². The van der Waals surface area contributed by atoms with Gasteiger partial charge in [-0.15, -0.1) is 0 Å². The highest BCUT2D eigenvalue weighted by atomic mass is 16.5. The number of amides is 1. The monoisotopic (exact) mass is 341 g/mol. The average Bonchev–Trinajstić information content (AvgIpc) is 2.68. The van der Waals surface area contributed by atoms with E-state index in [1.165, 1.54) is 0 Å². The number of benzene rings is 1. The van der Waals surface area contributed by atoms with Crippen molar-refractivity contribution in [3.8, 4) is 11.5 Å². The van der Waals surface area contributed by atoms with Crippen LogP contribution in [0.4, 0.5) is 0 Å². The minimum Gasteiger partial charge on any atom is -0.493 e. The molecular formula is C19H23N3O3. The number of piperazine rings is 1. The number of pyridine rings is 1. The van der Waals surface area contributed by atoms with Crippen LogP contribution in [0, 0.1) is 0 Å². The fraction of sp³-hybridized carbons (Fsp3) is 0.368. The second-order valence-electron chi connectivity index (χ2n) is 5.96. The number of hydrogen-bond donors (Lipinski definition) is 0. The molecule has 1 aliphatic heterocycles. The zero-order valence-corrected chi connectivity index (χ0v) is 14.6. The van der Waals surface area contributed by atoms with E-state index in [0.717, 1.165) is 25.3 Å². The number of carbonyl (C=O) groups excluding carboxylic acids is 1. The van der Waals surface area contributed by atoms with E-state index >= 15 is 0 Å². The molecule has 1 aromatic carbocycles. The van der Waals surface area contributed by atoms with Gasteiger partial charge in [-0.25, -0.2) is 0 Å². The maximum absolute atomic E-state index is 12.7. The summed E-state index contributed by atoms with van der Waals surface area (Å²) in [4.78, 5) is 21.3. The third-order valence-corrected chi connectivity index (χ3v) is 4.40. The predicted molar refractivity (Wildman–Crippen MR) is 95.0 cm³/mol. The zero-order valence-electron chi connectivity index (χ0n) is 14.6. The zero-order chi connectivity index (χ0) is 17.6. The van der Waals surface area contributed by atoms with Gasteiger partial charge in [-0.2, -0.15) is 0 Å². The number of hydrogen-bond acceptors (Lipinski definition) is 5. The molecule has 2 heterocycles. The summed E-state index contributed by atoms with van der Waals surface area (Å²) < 4.78 is 10.5. The molecule has 6 heteroatoms. The standard InChI is InChI=1S/C19H23N3O3/c1-24-17-7-6-15(13-18(17)25-2)19(23)22-11-9-21(10-12-22)14-16-5-3-4-8-20-16/h3-8,13H,9-12,14H2,1-2H3. The van der Waals surface area contributed by atoms with Gasteiger partial charge >= 0.3 is 0 Å². The Kier molecular flexibility index (Phi) is 5.50. The van der Waals surface area contributed by atoms with Gasteiger partial charge in [-0.05, 0) is 30.3 Å². The number of nitrogens with zero attached hydrogens (tertiary/aromatic N) is 3. The molecule has 0 saturated carbocycles. The van der Waals surface area contributed by atoms with Crippen LogP contribution in [0.15, 0.2) is 42.6 Å². The van der Waals surface area contributed by atoms with E-state index < -0.39 is 0 Å². The van der Waals surface area contributed by atoms with Gasteiger partial charge in [0.05, 0.1) is 19.9 Å². The number of rotatable bonds is 5. The van der Waals surface area contributed by atoms with Gasteiger partial charge in [0.25, 0.3) is 5.91 Å². The highest BCUT2D eigenvalue weighted by Crippen LogP contribution is 2.28. The van der Waals surface area contributed by atoms with E-state index in [1.807, 2.05) is 29.3 Å². The molecular weight excluding hydrogens is 318 g/mol. The molecule has 25 heavy (non-hydrogen) atoms. The predicted octanol–water partition coefficient (Wildman–Crippen LogP) is 2.06. The largest absolute Gasteiger partial charge is 0.493 e. The summed E-state index contributed by atoms with van der Waals surface area (Å²) in [5.74, 6) is 1.22. The first-order valence-electron chi connectivity index (χ1n) is 8.35. The van der Waals surface area contributed by atoms with Crippen LogP contribution in [-0.2, 0) is 6.54 Å². The molecule has 0 aliphatic carbocycles. The molecule has 0 N–H and O–H groups in total. The Morgan fingerprint density at radius 3 is 2.44 bits per heavy atom. The van der Waals surface area contributed by atoms with Gasteiger partial charge < -0.3 is 14.4 Å². The molecule has 0 bridgehead atoms. The highest BCUT2D eigenvalue weighted by Gasteiger charge is 2.23. The van der Waals surface area contributed by atoms with Crippen LogP contribution < -0.4 is 9.47 Å². The van der Waals surface area contributed by atoms with Crippen LogP contribution in [0.2, 0.25) is 0 Å². The van der Waals surface area contributed by atoms with Crippen LogP contribution in [0.5, 0.6) is 11.5 Å². The van der Waals surface area contributed by atoms with E-state index in [-0.39, 0.29) is 5.91 Å². The van der Waals surface area contributed by atoms with Gasteiger partial charge in [0.1, 0.15) is 0 Å². The topological polar surface area (TPSA) is 54.9 Å². The quantitative estimate of drug-likeness (QED) is 0.833. The molecule has 132 valence electrons. The molecule has 0 spiro atoms. The maximum Gasteiger partial charge on any atom is 0.254 e. The number of carbonyl (C=O) groups is 1. The fourth-order valence-electron chi connectivity index (χ4n) is 2.98. The molecule has 1 saturated heterocycles. The summed E-state index contributed by atoms with van der Waals surface area (Å²) in [6.07, 6.45) is 1.81. The Labute approximate surface area is 148 Å². The van der Waals surface area contributed by atoms with Crippen molar-refractivity contribution in [2.24, 2.45) is 0 Å². The second-order valence-corrected chi connectivity index (χ2v) is 5.96. The first-order chi connectivity index (χ1) is 12.2. The SMILES string of the molecule is COc1ccc(C(=O)N2CCN(Cc3ccccn3)CC2)cc1OC. The molecule has 6 nitrogen and oxygen atoms in total. The number of ether oxygens (including phenoxy) is 2. The molecule has 0 radical (unpaired) electrons. The van der Waals surface area contributed by atoms with E-state index in [9.17, 15) is 4.79 Å². The van der Waals surface area contributed by atoms with Crippen molar-refractivity contribution in [1.29, 1.82) is 0 Å². The van der Waals surface area contributed by atoms with Gasteiger partial charge in [-0.1, -0.05) is 6.07 Å². The van der Waals surface area contributed by atoms with Crippen LogP contribution >= 0.6 is 0 Å². The molecule has 2 aromatic rings. The lowest BCUT2D eigenvalue weighted by Crippen LogP contribution is -2.48. The minimum atomic E-state index is 0.0263. The summed E-state index contributed by atoms with van der Waals surface area (Å²) in [6.45, 7) is 3.92.